The van der Waals surface area contributed by atoms with Crippen molar-refractivity contribution in [1.82, 2.24) is 19.2 Å². The first-order valence-corrected chi connectivity index (χ1v) is 9.77. The van der Waals surface area contributed by atoms with Gasteiger partial charge in [-0.2, -0.15) is 4.31 Å². The van der Waals surface area contributed by atoms with E-state index in [0.29, 0.717) is 42.8 Å². The van der Waals surface area contributed by atoms with Gasteiger partial charge in [-0.1, -0.05) is 13.0 Å². The summed E-state index contributed by atoms with van der Waals surface area (Å²) in [6, 6.07) is 3.46. The fourth-order valence-electron chi connectivity index (χ4n) is 3.06. The van der Waals surface area contributed by atoms with Crippen molar-refractivity contribution in [2.24, 2.45) is 0 Å². The number of aromatic amines is 1. The predicted molar refractivity (Wildman–Crippen MR) is 95.5 cm³/mol. The van der Waals surface area contributed by atoms with Crippen molar-refractivity contribution in [3.8, 4) is 0 Å². The molecular weight excluding hydrogens is 340 g/mol. The predicted octanol–water partition coefficient (Wildman–Crippen LogP) is 1.75. The molecule has 1 saturated heterocycles. The molecule has 0 bridgehead atoms. The highest BCUT2D eigenvalue weighted by molar-refractivity contribution is 7.89. The minimum absolute atomic E-state index is 0.0183. The number of H-pyrrole nitrogens is 1. The van der Waals surface area contributed by atoms with E-state index in [9.17, 15) is 13.2 Å². The average Bonchev–Trinajstić information content (AvgIpc) is 3.06. The number of nitrogens with one attached hydrogen (secondary N) is 1. The highest BCUT2D eigenvalue weighted by atomic mass is 32.2. The largest absolute Gasteiger partial charge is 0.345 e. The molecule has 0 unspecified atom stereocenters. The van der Waals surface area contributed by atoms with E-state index < -0.39 is 10.0 Å². The van der Waals surface area contributed by atoms with Gasteiger partial charge in [-0.3, -0.25) is 4.79 Å². The van der Waals surface area contributed by atoms with Gasteiger partial charge in [0.25, 0.3) is 0 Å². The molecule has 2 aromatic heterocycles. The van der Waals surface area contributed by atoms with Gasteiger partial charge in [0.15, 0.2) is 0 Å². The van der Waals surface area contributed by atoms with Crippen LogP contribution in [0.1, 0.15) is 20.3 Å². The molecule has 3 rings (SSSR count). The maximum atomic E-state index is 12.9. The number of carbonyl (C=O) groups excluding carboxylic acids is 1. The van der Waals surface area contributed by atoms with Crippen molar-refractivity contribution in [2.45, 2.75) is 25.2 Å². The number of amides is 1. The van der Waals surface area contributed by atoms with Crippen LogP contribution >= 0.6 is 0 Å². The lowest BCUT2D eigenvalue weighted by Crippen LogP contribution is -2.50. The van der Waals surface area contributed by atoms with Crippen LogP contribution in [0.4, 0.5) is 0 Å². The van der Waals surface area contributed by atoms with E-state index in [1.807, 2.05) is 13.0 Å². The van der Waals surface area contributed by atoms with Gasteiger partial charge < -0.3 is 9.88 Å². The van der Waals surface area contributed by atoms with Crippen molar-refractivity contribution in [2.75, 3.05) is 26.2 Å². The average molecular weight is 362 g/mol. The summed E-state index contributed by atoms with van der Waals surface area (Å²) in [6.07, 6.45) is 5.80. The second-order valence-corrected chi connectivity index (χ2v) is 7.95. The summed E-state index contributed by atoms with van der Waals surface area (Å²) < 4.78 is 27.3. The third-order valence-corrected chi connectivity index (χ3v) is 6.34. The molecule has 0 spiro atoms. The number of rotatable bonds is 4. The van der Waals surface area contributed by atoms with Crippen LogP contribution < -0.4 is 0 Å². The number of fused-ring (bicyclic) bond motifs is 1. The molecule has 1 fully saturated rings. The van der Waals surface area contributed by atoms with Gasteiger partial charge in [0.05, 0.1) is 0 Å². The Morgan fingerprint density at radius 1 is 1.32 bits per heavy atom. The molecule has 25 heavy (non-hydrogen) atoms. The fourth-order valence-corrected chi connectivity index (χ4v) is 4.63. The molecule has 0 radical (unpaired) electrons. The van der Waals surface area contributed by atoms with Crippen LogP contribution in [-0.4, -0.2) is 59.7 Å². The number of allylic oxidation sites excluding steroid dienone is 1. The maximum absolute atomic E-state index is 12.9. The molecule has 8 heteroatoms. The van der Waals surface area contributed by atoms with Crippen molar-refractivity contribution in [3.63, 3.8) is 0 Å². The summed E-state index contributed by atoms with van der Waals surface area (Å²) in [6.45, 7) is 5.16. The van der Waals surface area contributed by atoms with Gasteiger partial charge in [0, 0.05) is 49.5 Å². The zero-order valence-electron chi connectivity index (χ0n) is 14.4. The van der Waals surface area contributed by atoms with E-state index in [2.05, 4.69) is 9.97 Å². The standard InChI is InChI=1S/C17H22N4O3S/c1-3-5-13(2)17(22)20-8-10-21(11-9-20)25(23,24)15-12-19-16-14(15)6-4-7-18-16/h4-7,12H,3,8-11H2,1-2H3,(H,18,19)/b13-5+. The summed E-state index contributed by atoms with van der Waals surface area (Å²) in [4.78, 5) is 21.3. The van der Waals surface area contributed by atoms with E-state index in [-0.39, 0.29) is 10.8 Å². The van der Waals surface area contributed by atoms with E-state index in [4.69, 9.17) is 0 Å². The highest BCUT2D eigenvalue weighted by Crippen LogP contribution is 2.25. The van der Waals surface area contributed by atoms with Crippen molar-refractivity contribution >= 4 is 27.0 Å². The number of piperazine rings is 1. The Kier molecular flexibility index (Phi) is 4.91. The van der Waals surface area contributed by atoms with Crippen LogP contribution in [0.2, 0.25) is 0 Å². The summed E-state index contributed by atoms with van der Waals surface area (Å²) >= 11 is 0. The number of hydrogen-bond donors (Lipinski definition) is 1. The lowest BCUT2D eigenvalue weighted by molar-refractivity contribution is -0.128. The molecule has 1 aliphatic rings. The Morgan fingerprint density at radius 2 is 2.04 bits per heavy atom. The van der Waals surface area contributed by atoms with E-state index in [1.54, 1.807) is 30.2 Å². The second-order valence-electron chi connectivity index (χ2n) is 6.04. The van der Waals surface area contributed by atoms with Crippen molar-refractivity contribution in [3.05, 3.63) is 36.2 Å². The first kappa shape index (κ1) is 17.6. The molecular formula is C17H22N4O3S. The van der Waals surface area contributed by atoms with E-state index >= 15 is 0 Å². The molecule has 2 aromatic rings. The summed E-state index contributed by atoms with van der Waals surface area (Å²) in [5.74, 6) is -0.0183. The lowest BCUT2D eigenvalue weighted by atomic mass is 10.2. The molecule has 1 N–H and O–H groups in total. The number of nitrogens with zero attached hydrogens (tertiary/aromatic N) is 3. The number of carbonyl (C=O) groups is 1. The monoisotopic (exact) mass is 362 g/mol. The fraction of sp³-hybridized carbons (Fsp3) is 0.412. The Balaban J connectivity index is 1.76. The minimum atomic E-state index is -3.62. The molecule has 1 amide bonds. The molecule has 3 heterocycles. The van der Waals surface area contributed by atoms with E-state index in [0.717, 1.165) is 6.42 Å². The van der Waals surface area contributed by atoms with Gasteiger partial charge in [0.2, 0.25) is 15.9 Å². The summed E-state index contributed by atoms with van der Waals surface area (Å²) in [5, 5.41) is 0.586. The summed E-state index contributed by atoms with van der Waals surface area (Å²) in [5.41, 5.74) is 1.26. The van der Waals surface area contributed by atoms with Gasteiger partial charge in [-0.25, -0.2) is 13.4 Å². The number of hydrogen-bond acceptors (Lipinski definition) is 4. The van der Waals surface area contributed by atoms with Crippen LogP contribution in [0.15, 0.2) is 41.1 Å². The Bertz CT molecular complexity index is 909. The Labute approximate surface area is 147 Å². The third-order valence-electron chi connectivity index (χ3n) is 4.40. The van der Waals surface area contributed by atoms with Crippen LogP contribution in [0, 0.1) is 0 Å². The Hall–Kier alpha value is -2.19. The topological polar surface area (TPSA) is 86.4 Å². The van der Waals surface area contributed by atoms with Gasteiger partial charge in [0.1, 0.15) is 10.5 Å². The minimum Gasteiger partial charge on any atom is -0.345 e. The first-order chi connectivity index (χ1) is 11.9. The number of sulfonamides is 1. The highest BCUT2D eigenvalue weighted by Gasteiger charge is 2.32. The van der Waals surface area contributed by atoms with Gasteiger partial charge in [-0.15, -0.1) is 0 Å². The van der Waals surface area contributed by atoms with E-state index in [1.165, 1.54) is 10.5 Å². The summed E-state index contributed by atoms with van der Waals surface area (Å²) in [7, 11) is -3.62. The zero-order chi connectivity index (χ0) is 18.0. The molecule has 1 aliphatic heterocycles. The van der Waals surface area contributed by atoms with Crippen molar-refractivity contribution in [1.29, 1.82) is 0 Å². The molecule has 0 saturated carbocycles. The quantitative estimate of drug-likeness (QED) is 0.840. The lowest BCUT2D eigenvalue weighted by Gasteiger charge is -2.34. The molecule has 0 aliphatic carbocycles. The van der Waals surface area contributed by atoms with Gasteiger partial charge in [-0.05, 0) is 25.5 Å². The molecule has 0 aromatic carbocycles. The molecule has 7 nitrogen and oxygen atoms in total. The van der Waals surface area contributed by atoms with Crippen LogP contribution in [0.25, 0.3) is 11.0 Å². The molecule has 134 valence electrons. The normalized spacial score (nSPS) is 17.2. The Morgan fingerprint density at radius 3 is 2.72 bits per heavy atom. The third kappa shape index (κ3) is 3.32. The smallest absolute Gasteiger partial charge is 0.249 e. The van der Waals surface area contributed by atoms with Crippen LogP contribution in [0.5, 0.6) is 0 Å². The van der Waals surface area contributed by atoms with Crippen LogP contribution in [-0.2, 0) is 14.8 Å². The molecule has 0 atom stereocenters. The van der Waals surface area contributed by atoms with Crippen LogP contribution in [0.3, 0.4) is 0 Å². The van der Waals surface area contributed by atoms with Gasteiger partial charge >= 0.3 is 0 Å². The van der Waals surface area contributed by atoms with Crippen molar-refractivity contribution < 1.29 is 13.2 Å². The first-order valence-electron chi connectivity index (χ1n) is 8.33. The maximum Gasteiger partial charge on any atom is 0.249 e. The SMILES string of the molecule is CC/C=C(\C)C(=O)N1CCN(S(=O)(=O)c2c[nH]c3ncccc23)CC1. The second kappa shape index (κ2) is 6.97. The number of aromatic nitrogens is 2. The number of pyridine rings is 1. The zero-order valence-corrected chi connectivity index (χ0v) is 15.2.